The number of benzene rings is 1. The maximum Gasteiger partial charge on any atom is 0.252 e. The Labute approximate surface area is 112 Å². The van der Waals surface area contributed by atoms with E-state index in [1.54, 1.807) is 0 Å². The number of likely N-dealkylation sites (tertiary alicyclic amines) is 1. The highest BCUT2D eigenvalue weighted by atomic mass is 35.5. The van der Waals surface area contributed by atoms with E-state index in [-0.39, 0.29) is 11.7 Å². The molecule has 1 saturated heterocycles. The van der Waals surface area contributed by atoms with Gasteiger partial charge in [-0.25, -0.2) is 0 Å². The summed E-state index contributed by atoms with van der Waals surface area (Å²) < 4.78 is 0. The predicted octanol–water partition coefficient (Wildman–Crippen LogP) is 1.87. The van der Waals surface area contributed by atoms with Gasteiger partial charge in [0, 0.05) is 13.1 Å². The Balaban J connectivity index is 1.85. The number of carbonyl (C=O) groups excluding carboxylic acids is 1. The van der Waals surface area contributed by atoms with Crippen LogP contribution in [0.2, 0.25) is 5.02 Å². The highest BCUT2D eigenvalue weighted by molar-refractivity contribution is 6.33. The van der Waals surface area contributed by atoms with Crippen LogP contribution >= 0.6 is 11.6 Å². The van der Waals surface area contributed by atoms with Crippen LogP contribution in [0.15, 0.2) is 18.2 Å². The Kier molecular flexibility index (Phi) is 4.44. The molecule has 1 fully saturated rings. The van der Waals surface area contributed by atoms with Crippen molar-refractivity contribution in [3.8, 4) is 5.75 Å². The Hall–Kier alpha value is -1.26. The zero-order chi connectivity index (χ0) is 13.0. The number of halogens is 1. The first kappa shape index (κ1) is 13.2. The Morgan fingerprint density at radius 2 is 2.11 bits per heavy atom. The van der Waals surface area contributed by atoms with Crippen molar-refractivity contribution < 1.29 is 9.90 Å². The number of aromatic hydroxyl groups is 1. The molecule has 1 aliphatic rings. The lowest BCUT2D eigenvalue weighted by Crippen LogP contribution is -2.33. The molecule has 1 aliphatic heterocycles. The molecule has 1 aromatic carbocycles. The molecule has 2 rings (SSSR count). The van der Waals surface area contributed by atoms with Crippen molar-refractivity contribution in [2.24, 2.45) is 0 Å². The molecule has 0 bridgehead atoms. The van der Waals surface area contributed by atoms with Crippen LogP contribution in [0.3, 0.4) is 0 Å². The molecule has 0 aliphatic carbocycles. The van der Waals surface area contributed by atoms with Crippen LogP contribution < -0.4 is 5.32 Å². The molecule has 0 unspecified atom stereocenters. The second-order valence-electron chi connectivity index (χ2n) is 4.47. The molecule has 1 heterocycles. The van der Waals surface area contributed by atoms with Crippen LogP contribution in [0, 0.1) is 0 Å². The molecule has 0 aromatic heterocycles. The van der Waals surface area contributed by atoms with Gasteiger partial charge in [0.25, 0.3) is 5.91 Å². The number of rotatable bonds is 4. The molecule has 0 saturated carbocycles. The minimum absolute atomic E-state index is 0.0455. The summed E-state index contributed by atoms with van der Waals surface area (Å²) in [4.78, 5) is 14.2. The average Bonchev–Trinajstić information content (AvgIpc) is 2.85. The van der Waals surface area contributed by atoms with Gasteiger partial charge in [-0.3, -0.25) is 4.79 Å². The van der Waals surface area contributed by atoms with Gasteiger partial charge in [0.05, 0.1) is 10.6 Å². The van der Waals surface area contributed by atoms with E-state index >= 15 is 0 Å². The lowest BCUT2D eigenvalue weighted by molar-refractivity contribution is 0.0949. The summed E-state index contributed by atoms with van der Waals surface area (Å²) in [7, 11) is 0. The van der Waals surface area contributed by atoms with Crippen LogP contribution in [0.25, 0.3) is 0 Å². The SMILES string of the molecule is O=C(NCCN1CCCC1)c1cc(O)ccc1Cl. The standard InChI is InChI=1S/C13H17ClN2O2/c14-12-4-3-10(17)9-11(12)13(18)15-5-8-16-6-1-2-7-16/h3-4,9,17H,1-2,5-8H2,(H,15,18). The average molecular weight is 269 g/mol. The normalized spacial score (nSPS) is 15.8. The van der Waals surface area contributed by atoms with E-state index in [2.05, 4.69) is 10.2 Å². The number of phenolic OH excluding ortho intramolecular Hbond substituents is 1. The Morgan fingerprint density at radius 3 is 2.83 bits per heavy atom. The molecule has 0 atom stereocenters. The van der Waals surface area contributed by atoms with Gasteiger partial charge in [0.1, 0.15) is 5.75 Å². The topological polar surface area (TPSA) is 52.6 Å². The third-order valence-electron chi connectivity index (χ3n) is 3.11. The maximum atomic E-state index is 11.9. The van der Waals surface area contributed by atoms with Crippen LogP contribution in [0.4, 0.5) is 0 Å². The zero-order valence-corrected chi connectivity index (χ0v) is 10.9. The summed E-state index contributed by atoms with van der Waals surface area (Å²) >= 11 is 5.91. The van der Waals surface area contributed by atoms with Crippen LogP contribution in [-0.4, -0.2) is 42.1 Å². The van der Waals surface area contributed by atoms with Crippen molar-refractivity contribution >= 4 is 17.5 Å². The predicted molar refractivity (Wildman–Crippen MR) is 71.1 cm³/mol. The lowest BCUT2D eigenvalue weighted by Gasteiger charge is -2.15. The van der Waals surface area contributed by atoms with E-state index in [0.717, 1.165) is 19.6 Å². The molecular formula is C13H17ClN2O2. The van der Waals surface area contributed by atoms with Gasteiger partial charge in [0.2, 0.25) is 0 Å². The summed E-state index contributed by atoms with van der Waals surface area (Å²) in [6, 6.07) is 4.36. The third-order valence-corrected chi connectivity index (χ3v) is 3.44. The molecule has 4 nitrogen and oxygen atoms in total. The molecular weight excluding hydrogens is 252 g/mol. The summed E-state index contributed by atoms with van der Waals surface area (Å²) in [5.74, 6) is -0.195. The minimum Gasteiger partial charge on any atom is -0.508 e. The first-order valence-electron chi connectivity index (χ1n) is 6.16. The van der Waals surface area contributed by atoms with Crippen molar-refractivity contribution in [2.45, 2.75) is 12.8 Å². The number of amides is 1. The lowest BCUT2D eigenvalue weighted by atomic mass is 10.2. The maximum absolute atomic E-state index is 11.9. The fourth-order valence-electron chi connectivity index (χ4n) is 2.12. The molecule has 2 N–H and O–H groups in total. The first-order chi connectivity index (χ1) is 8.66. The summed E-state index contributed by atoms with van der Waals surface area (Å²) in [6.45, 7) is 3.69. The number of hydrogen-bond donors (Lipinski definition) is 2. The second kappa shape index (κ2) is 6.07. The van der Waals surface area contributed by atoms with Crippen LogP contribution in [0.5, 0.6) is 5.75 Å². The molecule has 0 radical (unpaired) electrons. The molecule has 5 heteroatoms. The third kappa shape index (κ3) is 3.37. The molecule has 18 heavy (non-hydrogen) atoms. The highest BCUT2D eigenvalue weighted by Gasteiger charge is 2.13. The number of phenols is 1. The van der Waals surface area contributed by atoms with Gasteiger partial charge in [-0.1, -0.05) is 11.6 Å². The van der Waals surface area contributed by atoms with Crippen molar-refractivity contribution in [1.29, 1.82) is 0 Å². The quantitative estimate of drug-likeness (QED) is 0.877. The van der Waals surface area contributed by atoms with Gasteiger partial charge in [0.15, 0.2) is 0 Å². The molecule has 0 spiro atoms. The molecule has 1 aromatic rings. The van der Waals surface area contributed by atoms with Crippen molar-refractivity contribution in [1.82, 2.24) is 10.2 Å². The van der Waals surface area contributed by atoms with E-state index < -0.39 is 0 Å². The fraction of sp³-hybridized carbons (Fsp3) is 0.462. The van der Waals surface area contributed by atoms with Gasteiger partial charge >= 0.3 is 0 Å². The number of carbonyl (C=O) groups is 1. The van der Waals surface area contributed by atoms with Crippen molar-refractivity contribution in [2.75, 3.05) is 26.2 Å². The summed E-state index contributed by atoms with van der Waals surface area (Å²) in [6.07, 6.45) is 2.48. The first-order valence-corrected chi connectivity index (χ1v) is 6.53. The van der Waals surface area contributed by atoms with Crippen molar-refractivity contribution in [3.05, 3.63) is 28.8 Å². The smallest absolute Gasteiger partial charge is 0.252 e. The van der Waals surface area contributed by atoms with E-state index in [4.69, 9.17) is 11.6 Å². The largest absolute Gasteiger partial charge is 0.508 e. The van der Waals surface area contributed by atoms with Gasteiger partial charge in [-0.15, -0.1) is 0 Å². The van der Waals surface area contributed by atoms with E-state index in [9.17, 15) is 9.90 Å². The number of hydrogen-bond acceptors (Lipinski definition) is 3. The van der Waals surface area contributed by atoms with Crippen LogP contribution in [-0.2, 0) is 0 Å². The van der Waals surface area contributed by atoms with Gasteiger partial charge in [-0.05, 0) is 44.1 Å². The highest BCUT2D eigenvalue weighted by Crippen LogP contribution is 2.20. The summed E-state index contributed by atoms with van der Waals surface area (Å²) in [5.41, 5.74) is 0.318. The Morgan fingerprint density at radius 1 is 1.39 bits per heavy atom. The van der Waals surface area contributed by atoms with Gasteiger partial charge < -0.3 is 15.3 Å². The van der Waals surface area contributed by atoms with E-state index in [1.807, 2.05) is 0 Å². The van der Waals surface area contributed by atoms with Crippen molar-refractivity contribution in [3.63, 3.8) is 0 Å². The minimum atomic E-state index is -0.241. The summed E-state index contributed by atoms with van der Waals surface area (Å²) in [5, 5.41) is 12.5. The Bertz CT molecular complexity index is 431. The molecule has 98 valence electrons. The second-order valence-corrected chi connectivity index (χ2v) is 4.88. The number of nitrogens with zero attached hydrogens (tertiary/aromatic N) is 1. The van der Waals surface area contributed by atoms with E-state index in [1.165, 1.54) is 31.0 Å². The zero-order valence-electron chi connectivity index (χ0n) is 10.2. The number of nitrogens with one attached hydrogen (secondary N) is 1. The van der Waals surface area contributed by atoms with Gasteiger partial charge in [-0.2, -0.15) is 0 Å². The monoisotopic (exact) mass is 268 g/mol. The molecule has 1 amide bonds. The van der Waals surface area contributed by atoms with Crippen LogP contribution in [0.1, 0.15) is 23.2 Å². The fourth-order valence-corrected chi connectivity index (χ4v) is 2.32. The van der Waals surface area contributed by atoms with E-state index in [0.29, 0.717) is 17.1 Å².